The Morgan fingerprint density at radius 2 is 1.38 bits per heavy atom. The lowest BCUT2D eigenvalue weighted by Crippen LogP contribution is -2.14. The summed E-state index contributed by atoms with van der Waals surface area (Å²) < 4.78 is 2.16. The predicted molar refractivity (Wildman–Crippen MR) is 164 cm³/mol. The van der Waals surface area contributed by atoms with Crippen LogP contribution in [0.2, 0.25) is 0 Å². The molecule has 5 aromatic carbocycles. The molecular formula is C35H28N4. The number of nitrogens with two attached hydrogens (primary N) is 1. The van der Waals surface area contributed by atoms with E-state index in [0.717, 1.165) is 22.2 Å². The highest BCUT2D eigenvalue weighted by molar-refractivity contribution is 6.17. The molecule has 7 rings (SSSR count). The third-order valence-corrected chi connectivity index (χ3v) is 8.04. The first-order valence-electron chi connectivity index (χ1n) is 13.2. The monoisotopic (exact) mass is 504 g/mol. The van der Waals surface area contributed by atoms with Crippen LogP contribution in [0.25, 0.3) is 44.1 Å². The van der Waals surface area contributed by atoms with Crippen molar-refractivity contribution in [2.45, 2.75) is 19.3 Å². The Balaban J connectivity index is 1.34. The second-order valence-electron chi connectivity index (χ2n) is 10.6. The second-order valence-corrected chi connectivity index (χ2v) is 10.6. The average Bonchev–Trinajstić information content (AvgIpc) is 3.42. The highest BCUT2D eigenvalue weighted by Crippen LogP contribution is 2.52. The summed E-state index contributed by atoms with van der Waals surface area (Å²) in [7, 11) is 0. The Morgan fingerprint density at radius 3 is 2.21 bits per heavy atom. The van der Waals surface area contributed by atoms with Crippen LogP contribution in [0.3, 0.4) is 0 Å². The van der Waals surface area contributed by atoms with Gasteiger partial charge in [-0.05, 0) is 33.9 Å². The van der Waals surface area contributed by atoms with Crippen LogP contribution in [-0.2, 0) is 5.41 Å². The molecule has 188 valence electrons. The Hall–Kier alpha value is -4.96. The van der Waals surface area contributed by atoms with Crippen LogP contribution in [0.5, 0.6) is 0 Å². The van der Waals surface area contributed by atoms with Crippen molar-refractivity contribution in [3.8, 4) is 22.3 Å². The van der Waals surface area contributed by atoms with Gasteiger partial charge in [0.05, 0.1) is 11.0 Å². The highest BCUT2D eigenvalue weighted by Gasteiger charge is 2.37. The van der Waals surface area contributed by atoms with E-state index in [9.17, 15) is 0 Å². The summed E-state index contributed by atoms with van der Waals surface area (Å²) in [4.78, 5) is 0. The zero-order chi connectivity index (χ0) is 26.6. The van der Waals surface area contributed by atoms with E-state index in [2.05, 4.69) is 114 Å². The molecule has 1 aliphatic rings. The van der Waals surface area contributed by atoms with Gasteiger partial charge in [-0.25, -0.2) is 0 Å². The van der Waals surface area contributed by atoms with Crippen molar-refractivity contribution < 1.29 is 0 Å². The van der Waals surface area contributed by atoms with Crippen LogP contribution >= 0.6 is 0 Å². The Labute approximate surface area is 227 Å². The van der Waals surface area contributed by atoms with Gasteiger partial charge < -0.3 is 5.73 Å². The van der Waals surface area contributed by atoms with E-state index < -0.39 is 0 Å². The van der Waals surface area contributed by atoms with E-state index in [4.69, 9.17) is 5.73 Å². The number of hydrogen-bond donors (Lipinski definition) is 1. The largest absolute Gasteiger partial charge is 0.382 e. The van der Waals surface area contributed by atoms with Crippen LogP contribution in [0.15, 0.2) is 125 Å². The van der Waals surface area contributed by atoms with Crippen molar-refractivity contribution in [2.24, 2.45) is 15.9 Å². The number of benzene rings is 5. The number of aromatic nitrogens is 1. The molecule has 0 radical (unpaired) electrons. The Morgan fingerprint density at radius 1 is 0.692 bits per heavy atom. The molecule has 4 nitrogen and oxygen atoms in total. The maximum atomic E-state index is 6.36. The zero-order valence-electron chi connectivity index (χ0n) is 22.0. The third-order valence-electron chi connectivity index (χ3n) is 8.04. The smallest absolute Gasteiger partial charge is 0.153 e. The van der Waals surface area contributed by atoms with Gasteiger partial charge in [0.1, 0.15) is 6.34 Å². The van der Waals surface area contributed by atoms with Gasteiger partial charge >= 0.3 is 0 Å². The summed E-state index contributed by atoms with van der Waals surface area (Å²) in [6.45, 7) is 4.61. The molecule has 0 amide bonds. The van der Waals surface area contributed by atoms with Crippen molar-refractivity contribution in [3.63, 3.8) is 0 Å². The number of fused-ring (bicyclic) bond motifs is 7. The van der Waals surface area contributed by atoms with E-state index in [1.54, 1.807) is 6.34 Å². The lowest BCUT2D eigenvalue weighted by molar-refractivity contribution is 0.661. The van der Waals surface area contributed by atoms with Gasteiger partial charge in [0.15, 0.2) is 5.84 Å². The third kappa shape index (κ3) is 3.60. The number of nitrogens with zero attached hydrogens (tertiary/aromatic N) is 3. The number of rotatable bonds is 4. The minimum Gasteiger partial charge on any atom is -0.382 e. The summed E-state index contributed by atoms with van der Waals surface area (Å²) in [5.41, 5.74) is 16.9. The molecule has 0 atom stereocenters. The molecule has 6 aromatic rings. The highest BCUT2D eigenvalue weighted by atomic mass is 15.3. The topological polar surface area (TPSA) is 55.7 Å². The predicted octanol–water partition coefficient (Wildman–Crippen LogP) is 7.96. The van der Waals surface area contributed by atoms with Crippen LogP contribution in [0, 0.1) is 0 Å². The molecule has 0 bridgehead atoms. The lowest BCUT2D eigenvalue weighted by atomic mass is 9.82. The quantitative estimate of drug-likeness (QED) is 0.148. The molecule has 4 heteroatoms. The van der Waals surface area contributed by atoms with Crippen molar-refractivity contribution in [2.75, 3.05) is 0 Å². The molecule has 0 fully saturated rings. The first-order valence-corrected chi connectivity index (χ1v) is 13.2. The zero-order valence-corrected chi connectivity index (χ0v) is 22.0. The first kappa shape index (κ1) is 23.2. The van der Waals surface area contributed by atoms with Gasteiger partial charge in [-0.3, -0.25) is 4.57 Å². The molecule has 39 heavy (non-hydrogen) atoms. The Bertz CT molecular complexity index is 1920. The fourth-order valence-corrected chi connectivity index (χ4v) is 6.06. The van der Waals surface area contributed by atoms with Gasteiger partial charge in [-0.15, -0.1) is 10.2 Å². The molecule has 0 spiro atoms. The van der Waals surface area contributed by atoms with E-state index in [-0.39, 0.29) is 5.41 Å². The van der Waals surface area contributed by atoms with Crippen molar-refractivity contribution in [3.05, 3.63) is 132 Å². The molecule has 0 unspecified atom stereocenters. The summed E-state index contributed by atoms with van der Waals surface area (Å²) >= 11 is 0. The van der Waals surface area contributed by atoms with E-state index in [1.165, 1.54) is 38.6 Å². The lowest BCUT2D eigenvalue weighted by Gasteiger charge is -2.21. The van der Waals surface area contributed by atoms with E-state index in [0.29, 0.717) is 5.84 Å². The molecule has 1 aliphatic carbocycles. The summed E-state index contributed by atoms with van der Waals surface area (Å²) in [6, 6.07) is 40.1. The SMILES string of the molecule is CC1(C)c2ccccc2-c2c1ccc1c3ccccc3n(/C=N/N=C(N)c3ccc(-c4ccccc4)cc3)c21. The summed E-state index contributed by atoms with van der Waals surface area (Å²) in [5, 5.41) is 11.3. The minimum absolute atomic E-state index is 0.0764. The van der Waals surface area contributed by atoms with Crippen LogP contribution in [0.1, 0.15) is 30.5 Å². The summed E-state index contributed by atoms with van der Waals surface area (Å²) in [6.07, 6.45) is 1.80. The van der Waals surface area contributed by atoms with Crippen LogP contribution in [-0.4, -0.2) is 16.7 Å². The molecular weight excluding hydrogens is 476 g/mol. The Kier molecular flexibility index (Phi) is 5.24. The molecule has 2 N–H and O–H groups in total. The molecule has 0 aliphatic heterocycles. The van der Waals surface area contributed by atoms with Gasteiger partial charge in [0.25, 0.3) is 0 Å². The van der Waals surface area contributed by atoms with Gasteiger partial charge in [-0.2, -0.15) is 0 Å². The number of amidine groups is 1. The molecule has 1 aromatic heterocycles. The molecule has 1 heterocycles. The normalized spacial score (nSPS) is 14.3. The standard InChI is InChI=1S/C35H28N4/c1-35(2)29-14-8-6-13-28(29)32-30(35)21-20-27-26-12-7-9-15-31(26)39(33(27)32)22-37-38-34(36)25-18-16-24(17-19-25)23-10-4-3-5-11-23/h3-22H,1-2H3,(H2,36,38)/b37-22+. The fourth-order valence-electron chi connectivity index (χ4n) is 6.06. The maximum absolute atomic E-state index is 6.36. The first-order chi connectivity index (χ1) is 19.0. The fraction of sp³-hybridized carbons (Fsp3) is 0.0857. The second kappa shape index (κ2) is 8.81. The van der Waals surface area contributed by atoms with E-state index in [1.807, 2.05) is 30.3 Å². The van der Waals surface area contributed by atoms with Crippen molar-refractivity contribution in [1.82, 2.24) is 4.57 Å². The van der Waals surface area contributed by atoms with Crippen LogP contribution < -0.4 is 5.73 Å². The maximum Gasteiger partial charge on any atom is 0.153 e. The molecule has 0 saturated carbocycles. The molecule has 0 saturated heterocycles. The summed E-state index contributed by atoms with van der Waals surface area (Å²) in [5.74, 6) is 0.378. The average molecular weight is 505 g/mol. The van der Waals surface area contributed by atoms with E-state index >= 15 is 0 Å². The van der Waals surface area contributed by atoms with Gasteiger partial charge in [0.2, 0.25) is 0 Å². The number of para-hydroxylation sites is 1. The van der Waals surface area contributed by atoms with Crippen molar-refractivity contribution in [1.29, 1.82) is 0 Å². The van der Waals surface area contributed by atoms with Gasteiger partial charge in [0, 0.05) is 27.3 Å². The van der Waals surface area contributed by atoms with Crippen molar-refractivity contribution >= 4 is 34.0 Å². The van der Waals surface area contributed by atoms with Crippen LogP contribution in [0.4, 0.5) is 0 Å². The number of hydrogen-bond acceptors (Lipinski definition) is 2. The van der Waals surface area contributed by atoms with Gasteiger partial charge in [-0.1, -0.05) is 123 Å². The minimum atomic E-state index is -0.0764.